The largest absolute Gasteiger partial charge is 0.497 e. The number of urea groups is 1. The van der Waals surface area contributed by atoms with E-state index in [-0.39, 0.29) is 12.3 Å². The molecule has 7 heteroatoms. The summed E-state index contributed by atoms with van der Waals surface area (Å²) >= 11 is 5.80. The van der Waals surface area contributed by atoms with Gasteiger partial charge in [0.25, 0.3) is 0 Å². The summed E-state index contributed by atoms with van der Waals surface area (Å²) in [5.41, 5.74) is 0.660. The summed E-state index contributed by atoms with van der Waals surface area (Å²) in [5.74, 6) is -0.175. The normalized spacial score (nSPS) is 11.7. The first-order valence-electron chi connectivity index (χ1n) is 6.81. The van der Waals surface area contributed by atoms with Gasteiger partial charge in [0.2, 0.25) is 0 Å². The lowest BCUT2D eigenvalue weighted by atomic mass is 10.1. The Balaban J connectivity index is 2.07. The van der Waals surface area contributed by atoms with E-state index in [9.17, 15) is 14.3 Å². The molecule has 0 aliphatic heterocycles. The maximum atomic E-state index is 13.7. The highest BCUT2D eigenvalue weighted by Crippen LogP contribution is 2.21. The number of halogens is 2. The van der Waals surface area contributed by atoms with Crippen LogP contribution in [0.15, 0.2) is 42.5 Å². The fourth-order valence-corrected chi connectivity index (χ4v) is 2.10. The number of aliphatic hydroxyl groups excluding tert-OH is 1. The van der Waals surface area contributed by atoms with Crippen molar-refractivity contribution < 1.29 is 19.0 Å². The summed E-state index contributed by atoms with van der Waals surface area (Å²) in [6, 6.07) is 9.41. The molecule has 2 aromatic rings. The third-order valence-electron chi connectivity index (χ3n) is 3.18. The number of amides is 2. The molecule has 0 aromatic heterocycles. The zero-order chi connectivity index (χ0) is 16.8. The highest BCUT2D eigenvalue weighted by atomic mass is 35.5. The predicted octanol–water partition coefficient (Wildman–Crippen LogP) is 3.34. The molecule has 3 N–H and O–H groups in total. The topological polar surface area (TPSA) is 70.6 Å². The molecule has 122 valence electrons. The number of carbonyl (C=O) groups is 1. The number of methoxy groups -OCH3 is 1. The van der Waals surface area contributed by atoms with Crippen LogP contribution >= 0.6 is 11.6 Å². The van der Waals surface area contributed by atoms with Gasteiger partial charge in [-0.2, -0.15) is 0 Å². The van der Waals surface area contributed by atoms with E-state index in [4.69, 9.17) is 16.3 Å². The smallest absolute Gasteiger partial charge is 0.319 e. The van der Waals surface area contributed by atoms with Crippen LogP contribution in [0.5, 0.6) is 5.75 Å². The summed E-state index contributed by atoms with van der Waals surface area (Å²) in [6.45, 7) is -0.310. The predicted molar refractivity (Wildman–Crippen MR) is 86.4 cm³/mol. The van der Waals surface area contributed by atoms with Crippen LogP contribution in [0.4, 0.5) is 14.9 Å². The molecule has 0 saturated carbocycles. The molecule has 2 amide bonds. The van der Waals surface area contributed by atoms with Crippen molar-refractivity contribution in [2.24, 2.45) is 0 Å². The van der Waals surface area contributed by atoms with Gasteiger partial charge < -0.3 is 20.5 Å². The molecule has 1 atom stereocenters. The zero-order valence-electron chi connectivity index (χ0n) is 12.3. The number of hydrogen-bond donors (Lipinski definition) is 3. The third-order valence-corrected chi connectivity index (χ3v) is 3.43. The van der Waals surface area contributed by atoms with E-state index in [0.29, 0.717) is 16.3 Å². The van der Waals surface area contributed by atoms with Gasteiger partial charge in [0.15, 0.2) is 0 Å². The van der Waals surface area contributed by atoms with Crippen LogP contribution in [0.3, 0.4) is 0 Å². The average Bonchev–Trinajstić information content (AvgIpc) is 2.55. The van der Waals surface area contributed by atoms with Crippen molar-refractivity contribution in [1.82, 2.24) is 5.32 Å². The number of benzene rings is 2. The van der Waals surface area contributed by atoms with Crippen molar-refractivity contribution in [3.8, 4) is 5.75 Å². The SMILES string of the molecule is COc1ccc(F)c(NC(=O)NC(CO)c2ccc(Cl)cc2)c1. The Bertz CT molecular complexity index is 680. The lowest BCUT2D eigenvalue weighted by Gasteiger charge is -2.17. The molecule has 5 nitrogen and oxygen atoms in total. The number of anilines is 1. The molecule has 1 unspecified atom stereocenters. The molecule has 0 aliphatic carbocycles. The highest BCUT2D eigenvalue weighted by molar-refractivity contribution is 6.30. The van der Waals surface area contributed by atoms with E-state index in [2.05, 4.69) is 10.6 Å². The van der Waals surface area contributed by atoms with Gasteiger partial charge in [-0.05, 0) is 29.8 Å². The summed E-state index contributed by atoms with van der Waals surface area (Å²) in [6.07, 6.45) is 0. The molecule has 2 rings (SSSR count). The van der Waals surface area contributed by atoms with Crippen molar-refractivity contribution >= 4 is 23.3 Å². The number of rotatable bonds is 5. The minimum Gasteiger partial charge on any atom is -0.497 e. The van der Waals surface area contributed by atoms with Crippen LogP contribution in [-0.2, 0) is 0 Å². The van der Waals surface area contributed by atoms with E-state index < -0.39 is 17.9 Å². The van der Waals surface area contributed by atoms with E-state index >= 15 is 0 Å². The summed E-state index contributed by atoms with van der Waals surface area (Å²) < 4.78 is 18.7. The van der Waals surface area contributed by atoms with Crippen LogP contribution in [0.25, 0.3) is 0 Å². The van der Waals surface area contributed by atoms with Crippen LogP contribution in [0.1, 0.15) is 11.6 Å². The lowest BCUT2D eigenvalue weighted by molar-refractivity contribution is 0.225. The molecule has 0 aliphatic rings. The van der Waals surface area contributed by atoms with Gasteiger partial charge in [0.05, 0.1) is 25.4 Å². The Labute approximate surface area is 138 Å². The first kappa shape index (κ1) is 17.1. The Morgan fingerprint density at radius 2 is 2.00 bits per heavy atom. The molecule has 0 spiro atoms. The molecule has 2 aromatic carbocycles. The number of hydrogen-bond acceptors (Lipinski definition) is 3. The van der Waals surface area contributed by atoms with E-state index in [0.717, 1.165) is 0 Å². The van der Waals surface area contributed by atoms with E-state index in [1.165, 1.54) is 25.3 Å². The van der Waals surface area contributed by atoms with Crippen LogP contribution in [-0.4, -0.2) is 24.9 Å². The Morgan fingerprint density at radius 1 is 1.30 bits per heavy atom. The fourth-order valence-electron chi connectivity index (χ4n) is 1.97. The second kappa shape index (κ2) is 7.80. The molecular weight excluding hydrogens is 323 g/mol. The summed E-state index contributed by atoms with van der Waals surface area (Å²) in [5, 5.41) is 14.9. The van der Waals surface area contributed by atoms with Gasteiger partial charge in [-0.3, -0.25) is 0 Å². The van der Waals surface area contributed by atoms with Gasteiger partial charge in [-0.15, -0.1) is 0 Å². The standard InChI is InChI=1S/C16H16ClFN2O3/c1-23-12-6-7-13(18)14(8-12)19-16(22)20-15(9-21)10-2-4-11(17)5-3-10/h2-8,15,21H,9H2,1H3,(H2,19,20,22). The fraction of sp³-hybridized carbons (Fsp3) is 0.188. The molecule has 0 bridgehead atoms. The second-order valence-electron chi connectivity index (χ2n) is 4.73. The van der Waals surface area contributed by atoms with Gasteiger partial charge in [0, 0.05) is 11.1 Å². The third kappa shape index (κ3) is 4.58. The second-order valence-corrected chi connectivity index (χ2v) is 5.17. The molecule has 0 saturated heterocycles. The minimum atomic E-state index is -0.647. The molecule has 23 heavy (non-hydrogen) atoms. The average molecular weight is 339 g/mol. The quantitative estimate of drug-likeness (QED) is 0.783. The van der Waals surface area contributed by atoms with Crippen LogP contribution in [0, 0.1) is 5.82 Å². The Kier molecular flexibility index (Phi) is 5.78. The van der Waals surface area contributed by atoms with Crippen LogP contribution in [0.2, 0.25) is 5.02 Å². The molecule has 0 radical (unpaired) electrons. The molecule has 0 fully saturated rings. The van der Waals surface area contributed by atoms with Gasteiger partial charge in [-0.1, -0.05) is 23.7 Å². The highest BCUT2D eigenvalue weighted by Gasteiger charge is 2.15. The monoisotopic (exact) mass is 338 g/mol. The maximum Gasteiger partial charge on any atom is 0.319 e. The Morgan fingerprint density at radius 3 is 2.61 bits per heavy atom. The van der Waals surface area contributed by atoms with E-state index in [1.807, 2.05) is 0 Å². The lowest BCUT2D eigenvalue weighted by Crippen LogP contribution is -2.34. The van der Waals surface area contributed by atoms with E-state index in [1.54, 1.807) is 24.3 Å². The first-order chi connectivity index (χ1) is 11.0. The summed E-state index contributed by atoms with van der Waals surface area (Å²) in [4.78, 5) is 12.0. The summed E-state index contributed by atoms with van der Waals surface area (Å²) in [7, 11) is 1.44. The number of ether oxygens (including phenoxy) is 1. The van der Waals surface area contributed by atoms with Gasteiger partial charge >= 0.3 is 6.03 Å². The number of carbonyl (C=O) groups excluding carboxylic acids is 1. The van der Waals surface area contributed by atoms with Crippen LogP contribution < -0.4 is 15.4 Å². The van der Waals surface area contributed by atoms with Crippen molar-refractivity contribution in [3.63, 3.8) is 0 Å². The maximum absolute atomic E-state index is 13.7. The minimum absolute atomic E-state index is 0.0188. The first-order valence-corrected chi connectivity index (χ1v) is 7.18. The van der Waals surface area contributed by atoms with Crippen molar-refractivity contribution in [2.45, 2.75) is 6.04 Å². The molecular formula is C16H16ClFN2O3. The van der Waals surface area contributed by atoms with Crippen molar-refractivity contribution in [3.05, 3.63) is 58.9 Å². The van der Waals surface area contributed by atoms with Gasteiger partial charge in [0.1, 0.15) is 11.6 Å². The van der Waals surface area contributed by atoms with Crippen molar-refractivity contribution in [1.29, 1.82) is 0 Å². The number of nitrogens with one attached hydrogen (secondary N) is 2. The zero-order valence-corrected chi connectivity index (χ0v) is 13.1. The van der Waals surface area contributed by atoms with Gasteiger partial charge in [-0.25, -0.2) is 9.18 Å². The molecule has 0 heterocycles. The van der Waals surface area contributed by atoms with Crippen molar-refractivity contribution in [2.75, 3.05) is 19.0 Å². The number of aliphatic hydroxyl groups is 1. The Hall–Kier alpha value is -2.31.